The molecule has 8 heteroatoms. The van der Waals surface area contributed by atoms with E-state index in [2.05, 4.69) is 28.1 Å². The van der Waals surface area contributed by atoms with Gasteiger partial charge in [0.1, 0.15) is 6.04 Å². The summed E-state index contributed by atoms with van der Waals surface area (Å²) >= 11 is 0. The third-order valence-electron chi connectivity index (χ3n) is 5.89. The lowest BCUT2D eigenvalue weighted by atomic mass is 9.96. The highest BCUT2D eigenvalue weighted by Crippen LogP contribution is 2.21. The van der Waals surface area contributed by atoms with Gasteiger partial charge in [-0.05, 0) is 29.5 Å². The van der Waals surface area contributed by atoms with Crippen LogP contribution in [0.25, 0.3) is 11.1 Å². The van der Waals surface area contributed by atoms with Gasteiger partial charge >= 0.3 is 6.03 Å². The Morgan fingerprint density at radius 3 is 2.34 bits per heavy atom. The molecule has 2 heterocycles. The second-order valence-electron chi connectivity index (χ2n) is 8.15. The van der Waals surface area contributed by atoms with E-state index < -0.39 is 18.0 Å². The number of rotatable bonds is 6. The van der Waals surface area contributed by atoms with Crippen LogP contribution < -0.4 is 16.0 Å². The number of nitrogens with zero attached hydrogens (tertiary/aromatic N) is 1. The number of urea groups is 1. The monoisotopic (exact) mass is 434 g/mol. The number of hydrogen-bond donors (Lipinski definition) is 3. The quantitative estimate of drug-likeness (QED) is 0.598. The number of carbonyl (C=O) groups is 4. The summed E-state index contributed by atoms with van der Waals surface area (Å²) in [4.78, 5) is 49.9. The standard InChI is InChI=1S/C24H26N4O4/c29-21(11-10-20-23(31)27-24(32)26-20)28-13-12-25-22(30)19(15-28)14-16-6-8-18(9-7-16)17-4-2-1-3-5-17/h1-9,19-20H,10-15H2,(H,25,30)(H2,26,27,31,32)/t19-,20+/m1/s1. The van der Waals surface area contributed by atoms with Crippen molar-refractivity contribution in [1.29, 1.82) is 0 Å². The maximum Gasteiger partial charge on any atom is 0.322 e. The number of hydrogen-bond acceptors (Lipinski definition) is 4. The van der Waals surface area contributed by atoms with Crippen molar-refractivity contribution in [3.05, 3.63) is 60.2 Å². The molecular formula is C24H26N4O4. The summed E-state index contributed by atoms with van der Waals surface area (Å²) < 4.78 is 0. The Bertz CT molecular complexity index is 1010. The molecule has 2 saturated heterocycles. The molecule has 2 fully saturated rings. The van der Waals surface area contributed by atoms with E-state index in [9.17, 15) is 19.2 Å². The van der Waals surface area contributed by atoms with Crippen LogP contribution in [0.2, 0.25) is 0 Å². The average molecular weight is 434 g/mol. The van der Waals surface area contributed by atoms with Gasteiger partial charge in [-0.1, -0.05) is 54.6 Å². The predicted molar refractivity (Wildman–Crippen MR) is 118 cm³/mol. The number of imide groups is 1. The highest BCUT2D eigenvalue weighted by molar-refractivity contribution is 6.04. The first-order valence-electron chi connectivity index (χ1n) is 10.8. The molecule has 0 aromatic heterocycles. The highest BCUT2D eigenvalue weighted by atomic mass is 16.2. The lowest BCUT2D eigenvalue weighted by Crippen LogP contribution is -2.38. The van der Waals surface area contributed by atoms with E-state index >= 15 is 0 Å². The maximum atomic E-state index is 12.7. The van der Waals surface area contributed by atoms with Crippen molar-refractivity contribution in [3.63, 3.8) is 0 Å². The zero-order valence-corrected chi connectivity index (χ0v) is 17.7. The number of benzene rings is 2. The second-order valence-corrected chi connectivity index (χ2v) is 8.15. The minimum Gasteiger partial charge on any atom is -0.354 e. The molecule has 32 heavy (non-hydrogen) atoms. The minimum absolute atomic E-state index is 0.0603. The molecule has 2 aromatic rings. The molecule has 0 bridgehead atoms. The van der Waals surface area contributed by atoms with Crippen molar-refractivity contribution in [1.82, 2.24) is 20.9 Å². The molecule has 4 rings (SSSR count). The fourth-order valence-corrected chi connectivity index (χ4v) is 4.12. The van der Waals surface area contributed by atoms with Crippen LogP contribution in [0.3, 0.4) is 0 Å². The van der Waals surface area contributed by atoms with Crippen LogP contribution >= 0.6 is 0 Å². The van der Waals surface area contributed by atoms with Crippen molar-refractivity contribution in [3.8, 4) is 11.1 Å². The third-order valence-corrected chi connectivity index (χ3v) is 5.89. The van der Waals surface area contributed by atoms with E-state index in [1.54, 1.807) is 4.90 Å². The Hall–Kier alpha value is -3.68. The molecule has 0 saturated carbocycles. The molecule has 166 valence electrons. The molecule has 8 nitrogen and oxygen atoms in total. The first-order valence-corrected chi connectivity index (χ1v) is 10.8. The Morgan fingerprint density at radius 2 is 1.66 bits per heavy atom. The van der Waals surface area contributed by atoms with Crippen molar-refractivity contribution in [2.24, 2.45) is 5.92 Å². The van der Waals surface area contributed by atoms with E-state index in [0.29, 0.717) is 26.1 Å². The predicted octanol–water partition coefficient (Wildman–Crippen LogP) is 1.46. The summed E-state index contributed by atoms with van der Waals surface area (Å²) in [6.07, 6.45) is 0.900. The lowest BCUT2D eigenvalue weighted by Gasteiger charge is -2.23. The van der Waals surface area contributed by atoms with Gasteiger partial charge in [0.2, 0.25) is 11.8 Å². The molecule has 0 unspecified atom stereocenters. The fourth-order valence-electron chi connectivity index (χ4n) is 4.12. The van der Waals surface area contributed by atoms with E-state index in [1.807, 2.05) is 42.5 Å². The molecule has 5 amide bonds. The van der Waals surface area contributed by atoms with Gasteiger partial charge in [0, 0.05) is 26.1 Å². The Morgan fingerprint density at radius 1 is 0.938 bits per heavy atom. The zero-order valence-electron chi connectivity index (χ0n) is 17.7. The SMILES string of the molecule is O=C1NC(=O)[C@H](CCC(=O)N2CCNC(=O)[C@H](Cc3ccc(-c4ccccc4)cc3)C2)N1. The van der Waals surface area contributed by atoms with Gasteiger partial charge < -0.3 is 15.5 Å². The van der Waals surface area contributed by atoms with Crippen molar-refractivity contribution >= 4 is 23.8 Å². The molecule has 2 aliphatic heterocycles. The second kappa shape index (κ2) is 9.64. The van der Waals surface area contributed by atoms with E-state index in [0.717, 1.165) is 16.7 Å². The first kappa shape index (κ1) is 21.5. The Kier molecular flexibility index (Phi) is 6.49. The minimum atomic E-state index is -0.683. The van der Waals surface area contributed by atoms with Crippen LogP contribution in [-0.4, -0.2) is 54.3 Å². The van der Waals surface area contributed by atoms with Crippen LogP contribution in [0.1, 0.15) is 18.4 Å². The van der Waals surface area contributed by atoms with E-state index in [4.69, 9.17) is 0 Å². The molecule has 0 radical (unpaired) electrons. The van der Waals surface area contributed by atoms with Gasteiger partial charge in [0.05, 0.1) is 5.92 Å². The highest BCUT2D eigenvalue weighted by Gasteiger charge is 2.32. The largest absolute Gasteiger partial charge is 0.354 e. The van der Waals surface area contributed by atoms with Crippen LogP contribution in [-0.2, 0) is 20.8 Å². The molecule has 0 aliphatic carbocycles. The van der Waals surface area contributed by atoms with Crippen LogP contribution in [0, 0.1) is 5.92 Å². The summed E-state index contributed by atoms with van der Waals surface area (Å²) in [6, 6.07) is 17.0. The van der Waals surface area contributed by atoms with Crippen molar-refractivity contribution in [2.45, 2.75) is 25.3 Å². The van der Waals surface area contributed by atoms with Gasteiger partial charge in [-0.25, -0.2) is 4.79 Å². The summed E-state index contributed by atoms with van der Waals surface area (Å²) in [5.41, 5.74) is 3.28. The average Bonchev–Trinajstić information content (AvgIpc) is 3.01. The molecule has 2 aromatic carbocycles. The van der Waals surface area contributed by atoms with Crippen LogP contribution in [0.15, 0.2) is 54.6 Å². The molecule has 2 aliphatic rings. The zero-order chi connectivity index (χ0) is 22.5. The smallest absolute Gasteiger partial charge is 0.322 e. The third kappa shape index (κ3) is 5.14. The number of amides is 5. The van der Waals surface area contributed by atoms with Gasteiger partial charge in [-0.2, -0.15) is 0 Å². The van der Waals surface area contributed by atoms with Gasteiger partial charge in [0.25, 0.3) is 5.91 Å². The maximum absolute atomic E-state index is 12.7. The summed E-state index contributed by atoms with van der Waals surface area (Å²) in [6.45, 7) is 1.15. The molecule has 0 spiro atoms. The normalized spacial score (nSPS) is 20.9. The summed E-state index contributed by atoms with van der Waals surface area (Å²) in [5.74, 6) is -0.944. The number of nitrogens with one attached hydrogen (secondary N) is 3. The van der Waals surface area contributed by atoms with Crippen molar-refractivity contribution in [2.75, 3.05) is 19.6 Å². The van der Waals surface area contributed by atoms with Crippen LogP contribution in [0.5, 0.6) is 0 Å². The van der Waals surface area contributed by atoms with Crippen molar-refractivity contribution < 1.29 is 19.2 Å². The first-order chi connectivity index (χ1) is 15.5. The fraction of sp³-hybridized carbons (Fsp3) is 0.333. The Balaban J connectivity index is 1.36. The topological polar surface area (TPSA) is 108 Å². The van der Waals surface area contributed by atoms with Gasteiger partial charge in [-0.15, -0.1) is 0 Å². The van der Waals surface area contributed by atoms with Gasteiger partial charge in [-0.3, -0.25) is 19.7 Å². The summed E-state index contributed by atoms with van der Waals surface area (Å²) in [5, 5.41) is 7.56. The lowest BCUT2D eigenvalue weighted by molar-refractivity contribution is -0.132. The Labute approximate surface area is 186 Å². The van der Waals surface area contributed by atoms with E-state index in [-0.39, 0.29) is 30.6 Å². The summed E-state index contributed by atoms with van der Waals surface area (Å²) in [7, 11) is 0. The van der Waals surface area contributed by atoms with Gasteiger partial charge in [0.15, 0.2) is 0 Å². The molecular weight excluding hydrogens is 408 g/mol. The molecule has 3 N–H and O–H groups in total. The van der Waals surface area contributed by atoms with E-state index in [1.165, 1.54) is 0 Å². The van der Waals surface area contributed by atoms with Crippen LogP contribution in [0.4, 0.5) is 4.79 Å². The number of carbonyl (C=O) groups excluding carboxylic acids is 4. The molecule has 2 atom stereocenters.